The number of nitrogens with zero attached hydrogens (tertiary/aromatic N) is 4. The van der Waals surface area contributed by atoms with Gasteiger partial charge in [-0.05, 0) is 42.8 Å². The Morgan fingerprint density at radius 3 is 2.11 bits per heavy atom. The highest BCUT2D eigenvalue weighted by Gasteiger charge is 2.38. The average molecular weight is 510 g/mol. The van der Waals surface area contributed by atoms with E-state index < -0.39 is 29.9 Å². The molecule has 1 aliphatic heterocycles. The van der Waals surface area contributed by atoms with E-state index in [0.717, 1.165) is 12.1 Å². The Kier molecular flexibility index (Phi) is 8.30. The fourth-order valence-electron chi connectivity index (χ4n) is 3.08. The molecule has 36 heavy (non-hydrogen) atoms. The summed E-state index contributed by atoms with van der Waals surface area (Å²) in [4.78, 5) is 14.7. The molecule has 8 nitrogen and oxygen atoms in total. The number of guanidine groups is 1. The van der Waals surface area contributed by atoms with Gasteiger partial charge in [0.05, 0.1) is 28.8 Å². The summed E-state index contributed by atoms with van der Waals surface area (Å²) in [5, 5.41) is 25.8. The van der Waals surface area contributed by atoms with E-state index in [4.69, 9.17) is 21.0 Å². The number of nitriles is 2. The Bertz CT molecular complexity index is 1270. The van der Waals surface area contributed by atoms with Crippen molar-refractivity contribution in [3.63, 3.8) is 0 Å². The van der Waals surface area contributed by atoms with Crippen LogP contribution in [0.1, 0.15) is 29.7 Å². The fraction of sp³-hybridized carbons (Fsp3) is 0.182. The molecule has 2 aromatic rings. The number of halogens is 6. The molecule has 0 aromatic heterocycles. The average Bonchev–Trinajstić information content (AvgIpc) is 2.82. The SMILES string of the molecule is CC1=C(C#N)C(c2ccc(C#N)cc2)N=C(NN)N1c1cccc(C(F)(F)F)c1.O=C(O)C(F)(F)F. The molecule has 0 aliphatic carbocycles. The molecule has 188 valence electrons. The Morgan fingerprint density at radius 2 is 1.67 bits per heavy atom. The number of rotatable bonds is 2. The van der Waals surface area contributed by atoms with Gasteiger partial charge in [-0.25, -0.2) is 15.6 Å². The summed E-state index contributed by atoms with van der Waals surface area (Å²) < 4.78 is 71.1. The maximum absolute atomic E-state index is 13.1. The van der Waals surface area contributed by atoms with Gasteiger partial charge >= 0.3 is 18.3 Å². The maximum Gasteiger partial charge on any atom is 0.490 e. The summed E-state index contributed by atoms with van der Waals surface area (Å²) >= 11 is 0. The molecular formula is C22H16F6N6O2. The van der Waals surface area contributed by atoms with Crippen LogP contribution in [0.25, 0.3) is 0 Å². The topological polar surface area (TPSA) is 139 Å². The summed E-state index contributed by atoms with van der Waals surface area (Å²) in [6.45, 7) is 1.61. The van der Waals surface area contributed by atoms with Crippen LogP contribution in [0.2, 0.25) is 0 Å². The minimum atomic E-state index is -5.08. The molecule has 0 spiro atoms. The largest absolute Gasteiger partial charge is 0.490 e. The van der Waals surface area contributed by atoms with E-state index in [9.17, 15) is 31.6 Å². The van der Waals surface area contributed by atoms with Crippen LogP contribution in [-0.4, -0.2) is 23.2 Å². The first-order valence-electron chi connectivity index (χ1n) is 9.67. The minimum Gasteiger partial charge on any atom is -0.475 e. The molecule has 0 radical (unpaired) electrons. The van der Waals surface area contributed by atoms with Gasteiger partial charge in [0.25, 0.3) is 0 Å². The Balaban J connectivity index is 0.000000572. The lowest BCUT2D eigenvalue weighted by atomic mass is 9.96. The summed E-state index contributed by atoms with van der Waals surface area (Å²) in [5.74, 6) is 2.93. The van der Waals surface area contributed by atoms with Crippen molar-refractivity contribution in [1.29, 1.82) is 10.5 Å². The normalized spacial score (nSPS) is 15.7. The maximum atomic E-state index is 13.1. The third-order valence-corrected chi connectivity index (χ3v) is 4.74. The van der Waals surface area contributed by atoms with Gasteiger partial charge in [0, 0.05) is 11.4 Å². The predicted octanol–water partition coefficient (Wildman–Crippen LogP) is 4.39. The third kappa shape index (κ3) is 6.31. The zero-order valence-corrected chi connectivity index (χ0v) is 18.2. The van der Waals surface area contributed by atoms with Crippen LogP contribution in [0, 0.1) is 22.7 Å². The molecule has 3 rings (SSSR count). The highest BCUT2D eigenvalue weighted by atomic mass is 19.4. The first kappa shape index (κ1) is 27.7. The summed E-state index contributed by atoms with van der Waals surface area (Å²) in [5.41, 5.74) is 3.50. The van der Waals surface area contributed by atoms with Crippen molar-refractivity contribution in [2.75, 3.05) is 4.90 Å². The molecule has 0 bridgehead atoms. The molecule has 1 unspecified atom stereocenters. The first-order valence-corrected chi connectivity index (χ1v) is 9.67. The van der Waals surface area contributed by atoms with Crippen LogP contribution in [0.4, 0.5) is 32.0 Å². The number of carboxylic acids is 1. The van der Waals surface area contributed by atoms with Crippen LogP contribution in [-0.2, 0) is 11.0 Å². The summed E-state index contributed by atoms with van der Waals surface area (Å²) in [6.07, 6.45) is -9.60. The van der Waals surface area contributed by atoms with E-state index in [1.807, 2.05) is 6.07 Å². The molecule has 1 aliphatic rings. The van der Waals surface area contributed by atoms with Gasteiger partial charge in [-0.15, -0.1) is 0 Å². The number of aliphatic carboxylic acids is 1. The number of hydrazine groups is 1. The molecule has 4 N–H and O–H groups in total. The number of alkyl halides is 6. The summed E-state index contributed by atoms with van der Waals surface area (Å²) in [7, 11) is 0. The van der Waals surface area contributed by atoms with Crippen molar-refractivity contribution in [2.24, 2.45) is 10.8 Å². The van der Waals surface area contributed by atoms with Gasteiger partial charge in [0.2, 0.25) is 5.96 Å². The molecule has 0 saturated carbocycles. The number of nitrogens with two attached hydrogens (primary N) is 1. The summed E-state index contributed by atoms with van der Waals surface area (Å²) in [6, 6.07) is 14.6. The second-order valence-electron chi connectivity index (χ2n) is 7.03. The van der Waals surface area contributed by atoms with E-state index in [-0.39, 0.29) is 17.2 Å². The van der Waals surface area contributed by atoms with Crippen molar-refractivity contribution in [3.05, 3.63) is 76.5 Å². The zero-order valence-electron chi connectivity index (χ0n) is 18.2. The fourth-order valence-corrected chi connectivity index (χ4v) is 3.08. The van der Waals surface area contributed by atoms with E-state index in [0.29, 0.717) is 16.8 Å². The van der Waals surface area contributed by atoms with Crippen LogP contribution in [0.3, 0.4) is 0 Å². The van der Waals surface area contributed by atoms with Gasteiger partial charge in [0.15, 0.2) is 0 Å². The van der Waals surface area contributed by atoms with Crippen LogP contribution < -0.4 is 16.2 Å². The van der Waals surface area contributed by atoms with E-state index in [2.05, 4.69) is 16.5 Å². The van der Waals surface area contributed by atoms with Crippen LogP contribution >= 0.6 is 0 Å². The second kappa shape index (κ2) is 10.8. The molecule has 0 saturated heterocycles. The van der Waals surface area contributed by atoms with Crippen molar-refractivity contribution < 1.29 is 36.2 Å². The molecular weight excluding hydrogens is 494 g/mol. The Hall–Kier alpha value is -4.56. The number of benzene rings is 2. The van der Waals surface area contributed by atoms with Crippen molar-refractivity contribution in [1.82, 2.24) is 5.43 Å². The van der Waals surface area contributed by atoms with Gasteiger partial charge in [-0.2, -0.15) is 36.9 Å². The van der Waals surface area contributed by atoms with Crippen molar-refractivity contribution >= 4 is 17.6 Å². The van der Waals surface area contributed by atoms with Crippen LogP contribution in [0.15, 0.2) is 64.8 Å². The van der Waals surface area contributed by atoms with Gasteiger partial charge in [-0.3, -0.25) is 10.3 Å². The monoisotopic (exact) mass is 510 g/mol. The molecule has 0 amide bonds. The number of allylic oxidation sites excluding steroid dienone is 1. The van der Waals surface area contributed by atoms with E-state index in [1.165, 1.54) is 17.0 Å². The molecule has 1 heterocycles. The number of anilines is 1. The van der Waals surface area contributed by atoms with Gasteiger partial charge in [0.1, 0.15) is 6.04 Å². The molecule has 0 fully saturated rings. The number of hydrogen-bond donors (Lipinski definition) is 3. The molecule has 14 heteroatoms. The smallest absolute Gasteiger partial charge is 0.475 e. The lowest BCUT2D eigenvalue weighted by molar-refractivity contribution is -0.192. The van der Waals surface area contributed by atoms with Gasteiger partial charge in [-0.1, -0.05) is 18.2 Å². The molecule has 1 atom stereocenters. The lowest BCUT2D eigenvalue weighted by Gasteiger charge is -2.33. The standard InChI is InChI=1S/C20H15F3N6.C2HF3O2/c1-12-17(11-25)18(14-7-5-13(10-24)6-8-14)27-19(28-26)29(12)16-4-2-3-15(9-16)20(21,22)23;3-2(4,5)1(6)7/h2-9,18H,26H2,1H3,(H,27,28);(H,6,7). The van der Waals surface area contributed by atoms with E-state index >= 15 is 0 Å². The number of aliphatic imine (C=N–C) groups is 1. The number of carbonyl (C=O) groups is 1. The third-order valence-electron chi connectivity index (χ3n) is 4.74. The highest BCUT2D eigenvalue weighted by molar-refractivity contribution is 6.00. The lowest BCUT2D eigenvalue weighted by Crippen LogP contribution is -2.46. The van der Waals surface area contributed by atoms with Crippen molar-refractivity contribution in [2.45, 2.75) is 25.3 Å². The predicted molar refractivity (Wildman–Crippen MR) is 115 cm³/mol. The molecule has 2 aromatic carbocycles. The number of hydrogen-bond acceptors (Lipinski definition) is 7. The zero-order chi connectivity index (χ0) is 27.3. The first-order chi connectivity index (χ1) is 16.7. The van der Waals surface area contributed by atoms with Crippen molar-refractivity contribution in [3.8, 4) is 12.1 Å². The number of nitrogens with one attached hydrogen (secondary N) is 1. The van der Waals surface area contributed by atoms with Crippen LogP contribution in [0.5, 0.6) is 0 Å². The number of carboxylic acid groups (broad SMARTS) is 1. The second-order valence-corrected chi connectivity index (χ2v) is 7.03. The highest BCUT2D eigenvalue weighted by Crippen LogP contribution is 2.37. The quantitative estimate of drug-likeness (QED) is 0.309. The van der Waals surface area contributed by atoms with Gasteiger partial charge < -0.3 is 5.11 Å². The Labute approximate surface area is 200 Å². The van der Waals surface area contributed by atoms with E-state index in [1.54, 1.807) is 31.2 Å². The minimum absolute atomic E-state index is 0.0928. The Morgan fingerprint density at radius 1 is 1.08 bits per heavy atom.